The van der Waals surface area contributed by atoms with Crippen LogP contribution in [0.1, 0.15) is 17.2 Å². The number of nitrogens with zero attached hydrogens (tertiary/aromatic N) is 1. The number of benzene rings is 2. The monoisotopic (exact) mass is 333 g/mol. The molecule has 2 aromatic rings. The molecule has 1 atom stereocenters. The van der Waals surface area contributed by atoms with Crippen molar-refractivity contribution in [2.75, 3.05) is 27.2 Å². The molecule has 0 saturated heterocycles. The summed E-state index contributed by atoms with van der Waals surface area (Å²) in [5.41, 5.74) is 2.34. The summed E-state index contributed by atoms with van der Waals surface area (Å²) in [5, 5.41) is 0. The van der Waals surface area contributed by atoms with Crippen molar-refractivity contribution in [1.82, 2.24) is 4.90 Å². The SMILES string of the molecule is CN(C)CCO[C@H](c1ccccc1)c1ccccc1Br. The van der Waals surface area contributed by atoms with Gasteiger partial charge in [0.05, 0.1) is 6.61 Å². The van der Waals surface area contributed by atoms with E-state index in [-0.39, 0.29) is 6.10 Å². The molecule has 0 bridgehead atoms. The molecule has 0 spiro atoms. The van der Waals surface area contributed by atoms with Crippen LogP contribution >= 0.6 is 15.9 Å². The number of hydrogen-bond donors (Lipinski definition) is 0. The summed E-state index contributed by atoms with van der Waals surface area (Å²) in [6.07, 6.45) is -0.0354. The summed E-state index contributed by atoms with van der Waals surface area (Å²) in [6.45, 7) is 1.61. The number of hydrogen-bond acceptors (Lipinski definition) is 2. The Kier molecular flexibility index (Phi) is 5.77. The molecule has 0 amide bonds. The molecule has 2 rings (SSSR count). The molecule has 0 radical (unpaired) electrons. The zero-order chi connectivity index (χ0) is 14.4. The van der Waals surface area contributed by atoms with Gasteiger partial charge in [-0.3, -0.25) is 0 Å². The second-order valence-corrected chi connectivity index (χ2v) is 5.84. The van der Waals surface area contributed by atoms with Gasteiger partial charge in [-0.05, 0) is 31.3 Å². The Morgan fingerprint density at radius 3 is 2.30 bits per heavy atom. The normalized spacial score (nSPS) is 12.6. The molecule has 0 aliphatic heterocycles. The molecule has 2 nitrogen and oxygen atoms in total. The zero-order valence-corrected chi connectivity index (χ0v) is 13.5. The third kappa shape index (κ3) is 4.17. The molecule has 0 N–H and O–H groups in total. The van der Waals surface area contributed by atoms with Crippen LogP contribution in [0, 0.1) is 0 Å². The molecule has 0 saturated carbocycles. The molecule has 0 aromatic heterocycles. The van der Waals surface area contributed by atoms with E-state index < -0.39 is 0 Å². The number of rotatable bonds is 6. The summed E-state index contributed by atoms with van der Waals surface area (Å²) in [5.74, 6) is 0. The van der Waals surface area contributed by atoms with Crippen molar-refractivity contribution in [3.05, 3.63) is 70.2 Å². The van der Waals surface area contributed by atoms with Crippen LogP contribution in [0.25, 0.3) is 0 Å². The van der Waals surface area contributed by atoms with Gasteiger partial charge in [0, 0.05) is 11.0 Å². The minimum Gasteiger partial charge on any atom is -0.367 e. The molecule has 2 aromatic carbocycles. The summed E-state index contributed by atoms with van der Waals surface area (Å²) in [6, 6.07) is 18.6. The van der Waals surface area contributed by atoms with Crippen LogP contribution in [0.2, 0.25) is 0 Å². The molecule has 0 fully saturated rings. The van der Waals surface area contributed by atoms with Crippen molar-refractivity contribution in [2.45, 2.75) is 6.10 Å². The maximum atomic E-state index is 6.13. The first kappa shape index (κ1) is 15.2. The summed E-state index contributed by atoms with van der Waals surface area (Å²) in [7, 11) is 4.11. The van der Waals surface area contributed by atoms with Crippen molar-refractivity contribution in [2.24, 2.45) is 0 Å². The molecule has 0 heterocycles. The smallest absolute Gasteiger partial charge is 0.109 e. The van der Waals surface area contributed by atoms with Gasteiger partial charge in [-0.1, -0.05) is 64.5 Å². The largest absolute Gasteiger partial charge is 0.367 e. The first-order valence-electron chi connectivity index (χ1n) is 6.74. The Bertz CT molecular complexity index is 528. The average molecular weight is 334 g/mol. The lowest BCUT2D eigenvalue weighted by atomic mass is 10.0. The number of ether oxygens (including phenoxy) is 1. The van der Waals surface area contributed by atoms with Crippen molar-refractivity contribution in [3.8, 4) is 0 Å². The summed E-state index contributed by atoms with van der Waals surface area (Å²) < 4.78 is 7.22. The quantitative estimate of drug-likeness (QED) is 0.788. The molecular formula is C17H20BrNO. The molecule has 0 aliphatic rings. The van der Waals surface area contributed by atoms with Gasteiger partial charge in [0.25, 0.3) is 0 Å². The molecule has 0 aliphatic carbocycles. The van der Waals surface area contributed by atoms with E-state index in [9.17, 15) is 0 Å². The van der Waals surface area contributed by atoms with E-state index >= 15 is 0 Å². The van der Waals surface area contributed by atoms with Crippen LogP contribution in [0.15, 0.2) is 59.1 Å². The molecule has 0 unspecified atom stereocenters. The highest BCUT2D eigenvalue weighted by atomic mass is 79.9. The van der Waals surface area contributed by atoms with Crippen LogP contribution in [0.4, 0.5) is 0 Å². The second kappa shape index (κ2) is 7.58. The van der Waals surface area contributed by atoms with Crippen molar-refractivity contribution in [3.63, 3.8) is 0 Å². The lowest BCUT2D eigenvalue weighted by Crippen LogP contribution is -2.20. The fourth-order valence-electron chi connectivity index (χ4n) is 2.03. The van der Waals surface area contributed by atoms with Crippen molar-refractivity contribution < 1.29 is 4.74 Å². The standard InChI is InChI=1S/C17H20BrNO/c1-19(2)12-13-20-17(14-8-4-3-5-9-14)15-10-6-7-11-16(15)18/h3-11,17H,12-13H2,1-2H3/t17-/m1/s1. The minimum atomic E-state index is -0.0354. The third-order valence-corrected chi connectivity index (χ3v) is 3.84. The highest BCUT2D eigenvalue weighted by Gasteiger charge is 2.16. The molecule has 20 heavy (non-hydrogen) atoms. The highest BCUT2D eigenvalue weighted by molar-refractivity contribution is 9.10. The molecule has 3 heteroatoms. The second-order valence-electron chi connectivity index (χ2n) is 4.99. The topological polar surface area (TPSA) is 12.5 Å². The van der Waals surface area contributed by atoms with Gasteiger partial charge in [0.1, 0.15) is 6.10 Å². The Balaban J connectivity index is 2.23. The van der Waals surface area contributed by atoms with Crippen molar-refractivity contribution in [1.29, 1.82) is 0 Å². The first-order valence-corrected chi connectivity index (χ1v) is 7.53. The van der Waals surface area contributed by atoms with Gasteiger partial charge in [-0.2, -0.15) is 0 Å². The molecular weight excluding hydrogens is 314 g/mol. The number of likely N-dealkylation sites (N-methyl/N-ethyl adjacent to an activating group) is 1. The van der Waals surface area contributed by atoms with Gasteiger partial charge in [-0.15, -0.1) is 0 Å². The van der Waals surface area contributed by atoms with E-state index in [1.807, 2.05) is 18.2 Å². The van der Waals surface area contributed by atoms with Crippen LogP contribution in [0.3, 0.4) is 0 Å². The summed E-state index contributed by atoms with van der Waals surface area (Å²) >= 11 is 3.62. The van der Waals surface area contributed by atoms with Gasteiger partial charge < -0.3 is 9.64 Å². The third-order valence-electron chi connectivity index (χ3n) is 3.11. The van der Waals surface area contributed by atoms with Crippen LogP contribution < -0.4 is 0 Å². The van der Waals surface area contributed by atoms with E-state index in [4.69, 9.17) is 4.74 Å². The minimum absolute atomic E-state index is 0.0354. The fourth-order valence-corrected chi connectivity index (χ4v) is 2.53. The maximum absolute atomic E-state index is 6.13. The highest BCUT2D eigenvalue weighted by Crippen LogP contribution is 2.31. The zero-order valence-electron chi connectivity index (χ0n) is 11.9. The van der Waals surface area contributed by atoms with Crippen LogP contribution in [-0.4, -0.2) is 32.1 Å². The van der Waals surface area contributed by atoms with E-state index in [0.29, 0.717) is 6.61 Å². The number of halogens is 1. The predicted octanol–water partition coefficient (Wildman–Crippen LogP) is 4.12. The van der Waals surface area contributed by atoms with Crippen LogP contribution in [0.5, 0.6) is 0 Å². The Hall–Kier alpha value is -1.16. The van der Waals surface area contributed by atoms with Gasteiger partial charge >= 0.3 is 0 Å². The van der Waals surface area contributed by atoms with E-state index in [1.54, 1.807) is 0 Å². The Morgan fingerprint density at radius 2 is 1.65 bits per heavy atom. The first-order chi connectivity index (χ1) is 9.68. The lowest BCUT2D eigenvalue weighted by molar-refractivity contribution is 0.0683. The van der Waals surface area contributed by atoms with E-state index in [1.165, 1.54) is 5.56 Å². The lowest BCUT2D eigenvalue weighted by Gasteiger charge is -2.21. The van der Waals surface area contributed by atoms with Gasteiger partial charge in [0.15, 0.2) is 0 Å². The Labute approximate surface area is 129 Å². The van der Waals surface area contributed by atoms with Gasteiger partial charge in [0.2, 0.25) is 0 Å². The van der Waals surface area contributed by atoms with E-state index in [0.717, 1.165) is 16.6 Å². The fraction of sp³-hybridized carbons (Fsp3) is 0.294. The Morgan fingerprint density at radius 1 is 1.00 bits per heavy atom. The van der Waals surface area contributed by atoms with Gasteiger partial charge in [-0.25, -0.2) is 0 Å². The maximum Gasteiger partial charge on any atom is 0.109 e. The van der Waals surface area contributed by atoms with Crippen LogP contribution in [-0.2, 0) is 4.74 Å². The van der Waals surface area contributed by atoms with E-state index in [2.05, 4.69) is 71.3 Å². The van der Waals surface area contributed by atoms with Crippen molar-refractivity contribution >= 4 is 15.9 Å². The average Bonchev–Trinajstić information content (AvgIpc) is 2.45. The molecule has 106 valence electrons. The summed E-state index contributed by atoms with van der Waals surface area (Å²) in [4.78, 5) is 2.13. The predicted molar refractivity (Wildman–Crippen MR) is 86.9 cm³/mol.